The van der Waals surface area contributed by atoms with Gasteiger partial charge in [0.1, 0.15) is 5.75 Å². The van der Waals surface area contributed by atoms with E-state index in [-0.39, 0.29) is 22.0 Å². The summed E-state index contributed by atoms with van der Waals surface area (Å²) < 4.78 is 33.9. The predicted octanol–water partition coefficient (Wildman–Crippen LogP) is 5.52. The zero-order valence-electron chi connectivity index (χ0n) is 20.9. The number of hydrogen-bond donors (Lipinski definition) is 2. The van der Waals surface area contributed by atoms with Crippen LogP contribution in [0.3, 0.4) is 0 Å². The number of amides is 1. The zero-order chi connectivity index (χ0) is 26.4. The van der Waals surface area contributed by atoms with Crippen LogP contribution in [0.15, 0.2) is 77.7 Å². The molecule has 0 aromatic heterocycles. The highest BCUT2D eigenvalue weighted by molar-refractivity contribution is 7.92. The number of nitrogens with zero attached hydrogens (tertiary/aromatic N) is 1. The van der Waals surface area contributed by atoms with Gasteiger partial charge < -0.3 is 10.1 Å². The molecular weight excluding hydrogens is 506 g/mol. The van der Waals surface area contributed by atoms with Crippen LogP contribution in [0.1, 0.15) is 49.0 Å². The summed E-state index contributed by atoms with van der Waals surface area (Å²) in [5, 5.41) is 5.72. The number of fused-ring (bicyclic) bond motifs is 1. The lowest BCUT2D eigenvalue weighted by molar-refractivity contribution is 0.0970. The first-order chi connectivity index (χ1) is 17.8. The van der Waals surface area contributed by atoms with Crippen LogP contribution >= 0.6 is 12.2 Å². The molecule has 1 aliphatic rings. The average Bonchev–Trinajstić information content (AvgIpc) is 3.33. The number of nitrogens with one attached hydrogen (secondary N) is 2. The maximum absolute atomic E-state index is 13.2. The van der Waals surface area contributed by atoms with Crippen molar-refractivity contribution in [3.8, 4) is 5.75 Å². The van der Waals surface area contributed by atoms with E-state index in [1.807, 2.05) is 37.3 Å². The van der Waals surface area contributed by atoms with Gasteiger partial charge in [-0.3, -0.25) is 14.4 Å². The Morgan fingerprint density at radius 2 is 1.76 bits per heavy atom. The molecule has 194 valence electrons. The number of hydrogen-bond acceptors (Lipinski definition) is 5. The van der Waals surface area contributed by atoms with Gasteiger partial charge in [0.05, 0.1) is 22.3 Å². The normalized spacial score (nSPS) is 13.5. The van der Waals surface area contributed by atoms with Gasteiger partial charge in [0.2, 0.25) is 0 Å². The summed E-state index contributed by atoms with van der Waals surface area (Å²) in [6.45, 7) is 4.53. The predicted molar refractivity (Wildman–Crippen MR) is 151 cm³/mol. The van der Waals surface area contributed by atoms with Crippen LogP contribution in [-0.2, 0) is 16.4 Å². The van der Waals surface area contributed by atoms with Crippen LogP contribution in [0.25, 0.3) is 0 Å². The van der Waals surface area contributed by atoms with Crippen molar-refractivity contribution < 1.29 is 17.9 Å². The number of unbranched alkanes of at least 4 members (excludes halogenated alkanes) is 1. The van der Waals surface area contributed by atoms with Crippen LogP contribution in [0, 0.1) is 0 Å². The smallest absolute Gasteiger partial charge is 0.264 e. The van der Waals surface area contributed by atoms with Gasteiger partial charge in [0.15, 0.2) is 5.11 Å². The molecule has 0 saturated carbocycles. The summed E-state index contributed by atoms with van der Waals surface area (Å²) in [4.78, 5) is 13.1. The monoisotopic (exact) mass is 537 g/mol. The first-order valence-electron chi connectivity index (χ1n) is 12.4. The second-order valence-electron chi connectivity index (χ2n) is 8.96. The van der Waals surface area contributed by atoms with E-state index in [2.05, 4.69) is 17.6 Å². The van der Waals surface area contributed by atoms with E-state index in [1.165, 1.54) is 16.4 Å². The standard InChI is InChI=1S/C28H31N3O4S2/c1-3-4-9-20(2)35-26-13-8-6-11-24(26)27(32)30-28(36)29-22-14-16-23(17-15-22)37(33,34)31-19-18-21-10-5-7-12-25(21)31/h5-8,10-17,20H,3-4,9,18-19H2,1-2H3,(H2,29,30,32,36). The molecule has 0 spiro atoms. The third-order valence-corrected chi connectivity index (χ3v) is 8.23. The topological polar surface area (TPSA) is 87.7 Å². The maximum Gasteiger partial charge on any atom is 0.264 e. The summed E-state index contributed by atoms with van der Waals surface area (Å²) in [7, 11) is -3.68. The number of carbonyl (C=O) groups is 1. The van der Waals surface area contributed by atoms with Gasteiger partial charge in [-0.05, 0) is 80.0 Å². The van der Waals surface area contributed by atoms with Gasteiger partial charge in [-0.15, -0.1) is 0 Å². The fourth-order valence-electron chi connectivity index (χ4n) is 4.25. The lowest BCUT2D eigenvalue weighted by Crippen LogP contribution is -2.34. The molecule has 1 atom stereocenters. The molecule has 3 aromatic rings. The number of sulfonamides is 1. The molecule has 0 bridgehead atoms. The summed E-state index contributed by atoms with van der Waals surface area (Å²) >= 11 is 5.33. The fraction of sp³-hybridized carbons (Fsp3) is 0.286. The Bertz CT molecular complexity index is 1370. The Balaban J connectivity index is 1.39. The summed E-state index contributed by atoms with van der Waals surface area (Å²) in [6, 6.07) is 20.9. The van der Waals surface area contributed by atoms with Crippen molar-refractivity contribution in [2.24, 2.45) is 0 Å². The molecule has 1 aliphatic heterocycles. The molecule has 2 N–H and O–H groups in total. The highest BCUT2D eigenvalue weighted by atomic mass is 32.2. The number of thiocarbonyl (C=S) groups is 1. The molecule has 37 heavy (non-hydrogen) atoms. The van der Waals surface area contributed by atoms with Crippen LogP contribution in [0.5, 0.6) is 5.75 Å². The second-order valence-corrected chi connectivity index (χ2v) is 11.2. The van der Waals surface area contributed by atoms with Crippen LogP contribution < -0.4 is 19.7 Å². The fourth-order valence-corrected chi connectivity index (χ4v) is 5.97. The summed E-state index contributed by atoms with van der Waals surface area (Å²) in [5.74, 6) is 0.118. The van der Waals surface area contributed by atoms with Crippen molar-refractivity contribution in [2.45, 2.75) is 50.5 Å². The minimum Gasteiger partial charge on any atom is -0.490 e. The second kappa shape index (κ2) is 11.7. The Morgan fingerprint density at radius 3 is 2.51 bits per heavy atom. The van der Waals surface area contributed by atoms with Crippen LogP contribution in [0.4, 0.5) is 11.4 Å². The molecule has 0 saturated heterocycles. The van der Waals surface area contributed by atoms with Gasteiger partial charge in [0, 0.05) is 12.2 Å². The Labute approximate surface area is 223 Å². The minimum atomic E-state index is -3.68. The first kappa shape index (κ1) is 26.6. The lowest BCUT2D eigenvalue weighted by atomic mass is 10.1. The SMILES string of the molecule is CCCCC(C)Oc1ccccc1C(=O)NC(=S)Nc1ccc(S(=O)(=O)N2CCc3ccccc32)cc1. The Morgan fingerprint density at radius 1 is 1.05 bits per heavy atom. The lowest BCUT2D eigenvalue weighted by Gasteiger charge is -2.20. The third-order valence-electron chi connectivity index (χ3n) is 6.20. The Hall–Kier alpha value is -3.43. The molecule has 7 nitrogen and oxygen atoms in total. The molecular formula is C28H31N3O4S2. The Kier molecular flexibility index (Phi) is 8.45. The highest BCUT2D eigenvalue weighted by Gasteiger charge is 2.30. The number of ether oxygens (including phenoxy) is 1. The van der Waals surface area contributed by atoms with Crippen molar-refractivity contribution >= 4 is 44.6 Å². The number of carbonyl (C=O) groups excluding carboxylic acids is 1. The van der Waals surface area contributed by atoms with Gasteiger partial charge in [0.25, 0.3) is 15.9 Å². The van der Waals surface area contributed by atoms with E-state index in [1.54, 1.807) is 30.3 Å². The van der Waals surface area contributed by atoms with Gasteiger partial charge >= 0.3 is 0 Å². The third kappa shape index (κ3) is 6.29. The quantitative estimate of drug-likeness (QED) is 0.350. The van der Waals surface area contributed by atoms with Gasteiger partial charge in [-0.2, -0.15) is 0 Å². The molecule has 9 heteroatoms. The molecule has 1 unspecified atom stereocenters. The van der Waals surface area contributed by atoms with E-state index >= 15 is 0 Å². The van der Waals surface area contributed by atoms with Crippen LogP contribution in [0.2, 0.25) is 0 Å². The average molecular weight is 538 g/mol. The van der Waals surface area contributed by atoms with Crippen molar-refractivity contribution in [1.82, 2.24) is 5.32 Å². The number of rotatable bonds is 9. The van der Waals surface area contributed by atoms with E-state index in [0.717, 1.165) is 30.5 Å². The minimum absolute atomic E-state index is 0.0113. The highest BCUT2D eigenvalue weighted by Crippen LogP contribution is 2.32. The molecule has 1 amide bonds. The number of anilines is 2. The molecule has 3 aromatic carbocycles. The zero-order valence-corrected chi connectivity index (χ0v) is 22.6. The summed E-state index contributed by atoms with van der Waals surface area (Å²) in [5.41, 5.74) is 2.69. The maximum atomic E-state index is 13.2. The molecule has 0 radical (unpaired) electrons. The van der Waals surface area contributed by atoms with Crippen molar-refractivity contribution in [3.05, 3.63) is 83.9 Å². The van der Waals surface area contributed by atoms with E-state index in [4.69, 9.17) is 17.0 Å². The van der Waals surface area contributed by atoms with E-state index < -0.39 is 10.0 Å². The summed E-state index contributed by atoms with van der Waals surface area (Å²) in [6.07, 6.45) is 3.71. The van der Waals surface area contributed by atoms with E-state index in [0.29, 0.717) is 30.0 Å². The number of para-hydroxylation sites is 2. The van der Waals surface area contributed by atoms with E-state index in [9.17, 15) is 13.2 Å². The molecule has 0 aliphatic carbocycles. The van der Waals surface area contributed by atoms with Crippen molar-refractivity contribution in [2.75, 3.05) is 16.2 Å². The largest absolute Gasteiger partial charge is 0.490 e. The number of benzene rings is 3. The van der Waals surface area contributed by atoms with Crippen molar-refractivity contribution in [3.63, 3.8) is 0 Å². The molecule has 4 rings (SSSR count). The van der Waals surface area contributed by atoms with Gasteiger partial charge in [-0.25, -0.2) is 8.42 Å². The molecule has 0 fully saturated rings. The molecule has 1 heterocycles. The first-order valence-corrected chi connectivity index (χ1v) is 14.2. The van der Waals surface area contributed by atoms with Gasteiger partial charge in [-0.1, -0.05) is 50.1 Å². The van der Waals surface area contributed by atoms with Crippen LogP contribution in [-0.4, -0.2) is 32.1 Å². The van der Waals surface area contributed by atoms with Crippen molar-refractivity contribution in [1.29, 1.82) is 0 Å².